The van der Waals surface area contributed by atoms with Gasteiger partial charge >= 0.3 is 0 Å². The number of nitrogens with one attached hydrogen (secondary N) is 1. The Hall–Kier alpha value is -2.36. The summed E-state index contributed by atoms with van der Waals surface area (Å²) in [6.45, 7) is 4.48. The van der Waals surface area contributed by atoms with Crippen molar-refractivity contribution in [1.82, 2.24) is 9.55 Å². The van der Waals surface area contributed by atoms with Crippen molar-refractivity contribution < 1.29 is 4.79 Å². The fraction of sp³-hybridized carbons (Fsp3) is 0.250. The summed E-state index contributed by atoms with van der Waals surface area (Å²) >= 11 is 0. The summed E-state index contributed by atoms with van der Waals surface area (Å²) < 4.78 is 2.29. The standard InChI is InChI=1S/C16H17N3O/c1-2-15(20)18-13-8-6-12(7-9-13)16-17-11-14-5-3-4-10-19(14)16/h2,6-9,11H,1,3-5,10H2,(H,18,20). The predicted octanol–water partition coefficient (Wildman–Crippen LogP) is 3.01. The number of amides is 1. The second kappa shape index (κ2) is 5.33. The van der Waals surface area contributed by atoms with Gasteiger partial charge in [0, 0.05) is 29.7 Å². The molecule has 1 aliphatic heterocycles. The largest absolute Gasteiger partial charge is 0.328 e. The highest BCUT2D eigenvalue weighted by Gasteiger charge is 2.14. The third kappa shape index (κ3) is 2.37. The van der Waals surface area contributed by atoms with E-state index >= 15 is 0 Å². The molecule has 0 aliphatic carbocycles. The fourth-order valence-electron chi connectivity index (χ4n) is 2.56. The summed E-state index contributed by atoms with van der Waals surface area (Å²) in [6, 6.07) is 7.76. The van der Waals surface area contributed by atoms with Crippen LogP contribution in [0.5, 0.6) is 0 Å². The highest BCUT2D eigenvalue weighted by molar-refractivity contribution is 5.98. The lowest BCUT2D eigenvalue weighted by Gasteiger charge is -2.16. The van der Waals surface area contributed by atoms with Gasteiger partial charge in [-0.05, 0) is 49.6 Å². The number of nitrogens with zero attached hydrogens (tertiary/aromatic N) is 2. The van der Waals surface area contributed by atoms with Crippen molar-refractivity contribution in [3.8, 4) is 11.4 Å². The Morgan fingerprint density at radius 1 is 1.30 bits per heavy atom. The summed E-state index contributed by atoms with van der Waals surface area (Å²) in [5.41, 5.74) is 3.16. The predicted molar refractivity (Wildman–Crippen MR) is 79.4 cm³/mol. The number of anilines is 1. The molecule has 20 heavy (non-hydrogen) atoms. The molecule has 4 nitrogen and oxygen atoms in total. The van der Waals surface area contributed by atoms with Crippen LogP contribution in [0.3, 0.4) is 0 Å². The van der Waals surface area contributed by atoms with Crippen LogP contribution >= 0.6 is 0 Å². The summed E-state index contributed by atoms with van der Waals surface area (Å²) in [4.78, 5) is 15.8. The highest BCUT2D eigenvalue weighted by atomic mass is 16.1. The lowest BCUT2D eigenvalue weighted by Crippen LogP contribution is -2.10. The average Bonchev–Trinajstić information content (AvgIpc) is 2.92. The van der Waals surface area contributed by atoms with E-state index in [2.05, 4.69) is 21.4 Å². The third-order valence-electron chi connectivity index (χ3n) is 3.60. The first-order chi connectivity index (χ1) is 9.78. The van der Waals surface area contributed by atoms with Gasteiger partial charge < -0.3 is 9.88 Å². The van der Waals surface area contributed by atoms with Crippen LogP contribution in [-0.4, -0.2) is 15.5 Å². The minimum atomic E-state index is -0.198. The van der Waals surface area contributed by atoms with Crippen LogP contribution in [0.1, 0.15) is 18.5 Å². The number of hydrogen-bond acceptors (Lipinski definition) is 2. The Morgan fingerprint density at radius 2 is 2.10 bits per heavy atom. The number of carbonyl (C=O) groups is 1. The molecule has 1 N–H and O–H groups in total. The Balaban J connectivity index is 1.86. The van der Waals surface area contributed by atoms with Crippen LogP contribution in [0.2, 0.25) is 0 Å². The maximum absolute atomic E-state index is 11.2. The minimum Gasteiger partial charge on any atom is -0.328 e. The molecule has 0 radical (unpaired) electrons. The van der Waals surface area contributed by atoms with E-state index in [1.807, 2.05) is 30.5 Å². The summed E-state index contributed by atoms with van der Waals surface area (Å²) in [5, 5.41) is 2.74. The highest BCUT2D eigenvalue weighted by Crippen LogP contribution is 2.25. The second-order valence-corrected chi connectivity index (χ2v) is 4.95. The first-order valence-corrected chi connectivity index (χ1v) is 6.86. The Labute approximate surface area is 118 Å². The van der Waals surface area contributed by atoms with E-state index in [1.165, 1.54) is 24.6 Å². The van der Waals surface area contributed by atoms with Crippen molar-refractivity contribution in [1.29, 1.82) is 0 Å². The molecule has 0 saturated heterocycles. The van der Waals surface area contributed by atoms with Gasteiger partial charge in [0.05, 0.1) is 0 Å². The van der Waals surface area contributed by atoms with Crippen molar-refractivity contribution in [2.45, 2.75) is 25.8 Å². The Bertz CT molecular complexity index is 640. The van der Waals surface area contributed by atoms with E-state index in [4.69, 9.17) is 0 Å². The van der Waals surface area contributed by atoms with Gasteiger partial charge in [-0.2, -0.15) is 0 Å². The number of aromatic nitrogens is 2. The van der Waals surface area contributed by atoms with Gasteiger partial charge in [0.1, 0.15) is 5.82 Å². The number of fused-ring (bicyclic) bond motifs is 1. The van der Waals surface area contributed by atoms with Gasteiger partial charge in [0.2, 0.25) is 5.91 Å². The van der Waals surface area contributed by atoms with E-state index in [1.54, 1.807) is 0 Å². The van der Waals surface area contributed by atoms with Gasteiger partial charge in [0.15, 0.2) is 0 Å². The minimum absolute atomic E-state index is 0.198. The van der Waals surface area contributed by atoms with Crippen LogP contribution < -0.4 is 5.32 Å². The molecule has 4 heteroatoms. The van der Waals surface area contributed by atoms with Crippen molar-refractivity contribution >= 4 is 11.6 Å². The third-order valence-corrected chi connectivity index (χ3v) is 3.60. The number of benzene rings is 1. The maximum Gasteiger partial charge on any atom is 0.247 e. The van der Waals surface area contributed by atoms with Crippen LogP contribution in [0.4, 0.5) is 5.69 Å². The van der Waals surface area contributed by atoms with E-state index in [0.29, 0.717) is 0 Å². The van der Waals surface area contributed by atoms with Crippen LogP contribution in [0.25, 0.3) is 11.4 Å². The zero-order valence-corrected chi connectivity index (χ0v) is 11.3. The molecule has 0 fully saturated rings. The van der Waals surface area contributed by atoms with Gasteiger partial charge in [-0.3, -0.25) is 4.79 Å². The monoisotopic (exact) mass is 267 g/mol. The lowest BCUT2D eigenvalue weighted by atomic mass is 10.1. The molecule has 0 saturated carbocycles. The number of aryl methyl sites for hydroxylation is 1. The molecule has 0 unspecified atom stereocenters. The molecule has 0 bridgehead atoms. The summed E-state index contributed by atoms with van der Waals surface area (Å²) in [7, 11) is 0. The van der Waals surface area contributed by atoms with Crippen LogP contribution in [-0.2, 0) is 17.8 Å². The first-order valence-electron chi connectivity index (χ1n) is 6.86. The number of carbonyl (C=O) groups excluding carboxylic acids is 1. The molecular weight excluding hydrogens is 250 g/mol. The summed E-state index contributed by atoms with van der Waals surface area (Å²) in [5.74, 6) is 0.817. The molecule has 2 heterocycles. The first kappa shape index (κ1) is 12.7. The zero-order valence-electron chi connectivity index (χ0n) is 11.3. The lowest BCUT2D eigenvalue weighted by molar-refractivity contribution is -0.111. The molecule has 1 amide bonds. The normalized spacial score (nSPS) is 13.6. The van der Waals surface area contributed by atoms with Crippen LogP contribution in [0, 0.1) is 0 Å². The van der Waals surface area contributed by atoms with E-state index in [-0.39, 0.29) is 5.91 Å². The van der Waals surface area contributed by atoms with E-state index < -0.39 is 0 Å². The molecule has 3 rings (SSSR count). The molecule has 2 aromatic rings. The van der Waals surface area contributed by atoms with Gasteiger partial charge in [-0.1, -0.05) is 6.58 Å². The molecule has 1 aromatic carbocycles. The number of imidazole rings is 1. The number of rotatable bonds is 3. The van der Waals surface area contributed by atoms with Crippen molar-refractivity contribution in [2.24, 2.45) is 0 Å². The van der Waals surface area contributed by atoms with Crippen molar-refractivity contribution in [3.05, 3.63) is 48.8 Å². The zero-order chi connectivity index (χ0) is 13.9. The second-order valence-electron chi connectivity index (χ2n) is 4.95. The SMILES string of the molecule is C=CC(=O)Nc1ccc(-c2ncc3n2CCCC3)cc1. The van der Waals surface area contributed by atoms with Gasteiger partial charge in [0.25, 0.3) is 0 Å². The van der Waals surface area contributed by atoms with E-state index in [0.717, 1.165) is 30.0 Å². The molecular formula is C16H17N3O. The molecule has 1 aliphatic rings. The maximum atomic E-state index is 11.2. The molecule has 102 valence electrons. The van der Waals surface area contributed by atoms with Gasteiger partial charge in [-0.15, -0.1) is 0 Å². The van der Waals surface area contributed by atoms with Gasteiger partial charge in [-0.25, -0.2) is 4.98 Å². The molecule has 0 atom stereocenters. The van der Waals surface area contributed by atoms with Crippen molar-refractivity contribution in [2.75, 3.05) is 5.32 Å². The smallest absolute Gasteiger partial charge is 0.247 e. The fourth-order valence-corrected chi connectivity index (χ4v) is 2.56. The van der Waals surface area contributed by atoms with Crippen molar-refractivity contribution in [3.63, 3.8) is 0 Å². The summed E-state index contributed by atoms with van der Waals surface area (Å²) in [6.07, 6.45) is 6.81. The number of hydrogen-bond donors (Lipinski definition) is 1. The average molecular weight is 267 g/mol. The molecule has 0 spiro atoms. The Kier molecular flexibility index (Phi) is 3.37. The van der Waals surface area contributed by atoms with Crippen LogP contribution in [0.15, 0.2) is 43.1 Å². The Morgan fingerprint density at radius 3 is 2.85 bits per heavy atom. The quantitative estimate of drug-likeness (QED) is 0.869. The molecule has 1 aromatic heterocycles. The topological polar surface area (TPSA) is 46.9 Å². The van der Waals surface area contributed by atoms with E-state index in [9.17, 15) is 4.79 Å².